The number of carbonyl (C=O) groups excluding carboxylic acids is 1. The van der Waals surface area contributed by atoms with Crippen molar-refractivity contribution < 1.29 is 17.9 Å². The van der Waals surface area contributed by atoms with Crippen LogP contribution in [0.2, 0.25) is 5.02 Å². The van der Waals surface area contributed by atoms with E-state index in [2.05, 4.69) is 5.10 Å². The molecule has 0 atom stereocenters. The van der Waals surface area contributed by atoms with Crippen LogP contribution in [0, 0.1) is 13.8 Å². The van der Waals surface area contributed by atoms with E-state index in [9.17, 15) is 13.2 Å². The lowest BCUT2D eigenvalue weighted by Gasteiger charge is -2.20. The predicted molar refractivity (Wildman–Crippen MR) is 107 cm³/mol. The molecule has 0 amide bonds. The van der Waals surface area contributed by atoms with Crippen molar-refractivity contribution in [2.75, 3.05) is 19.7 Å². The molecule has 1 aromatic heterocycles. The molecular formula is C19H24ClN3O4S. The number of hydrogen-bond acceptors (Lipinski definition) is 5. The molecule has 9 heteroatoms. The molecule has 28 heavy (non-hydrogen) atoms. The Morgan fingerprint density at radius 1 is 1.11 bits per heavy atom. The first kappa shape index (κ1) is 20.8. The fraction of sp³-hybridized carbons (Fsp3) is 0.474. The molecular weight excluding hydrogens is 402 g/mol. The van der Waals surface area contributed by atoms with E-state index >= 15 is 0 Å². The lowest BCUT2D eigenvalue weighted by atomic mass is 10.2. The number of rotatable bonds is 5. The Kier molecular flexibility index (Phi) is 6.42. The molecule has 0 spiro atoms. The zero-order valence-corrected chi connectivity index (χ0v) is 17.6. The summed E-state index contributed by atoms with van der Waals surface area (Å²) in [6.45, 7) is 3.96. The van der Waals surface area contributed by atoms with Gasteiger partial charge in [0.1, 0.15) is 10.6 Å². The molecule has 1 aliphatic heterocycles. The molecule has 3 rings (SSSR count). The Morgan fingerprint density at radius 2 is 1.71 bits per heavy atom. The summed E-state index contributed by atoms with van der Waals surface area (Å²) in [7, 11) is -3.69. The van der Waals surface area contributed by atoms with Crippen molar-refractivity contribution in [3.05, 3.63) is 40.7 Å². The van der Waals surface area contributed by atoms with E-state index < -0.39 is 15.9 Å². The van der Waals surface area contributed by atoms with Crippen LogP contribution in [0.5, 0.6) is 5.75 Å². The number of ether oxygens (including phenoxy) is 1. The molecule has 1 saturated heterocycles. The Hall–Kier alpha value is -1.90. The minimum absolute atomic E-state index is 0.120. The maximum absolute atomic E-state index is 13.1. The maximum atomic E-state index is 13.1. The first-order valence-electron chi connectivity index (χ1n) is 9.28. The third kappa shape index (κ3) is 4.39. The fourth-order valence-corrected chi connectivity index (χ4v) is 5.39. The maximum Gasteiger partial charge on any atom is 0.285 e. The van der Waals surface area contributed by atoms with Crippen LogP contribution in [0.4, 0.5) is 0 Å². The summed E-state index contributed by atoms with van der Waals surface area (Å²) in [5.74, 6) is 0.0598. The number of hydrogen-bond donors (Lipinski definition) is 0. The molecule has 2 heterocycles. The van der Waals surface area contributed by atoms with Crippen LogP contribution in [-0.2, 0) is 10.0 Å². The van der Waals surface area contributed by atoms with Gasteiger partial charge in [-0.2, -0.15) is 9.40 Å². The van der Waals surface area contributed by atoms with Gasteiger partial charge in [0, 0.05) is 18.1 Å². The Bertz CT molecular complexity index is 946. The summed E-state index contributed by atoms with van der Waals surface area (Å²) in [5.41, 5.74) is 0.632. The highest BCUT2D eigenvalue weighted by atomic mass is 35.5. The van der Waals surface area contributed by atoms with Gasteiger partial charge in [-0.3, -0.25) is 4.79 Å². The molecule has 7 nitrogen and oxygen atoms in total. The molecule has 1 fully saturated rings. The van der Waals surface area contributed by atoms with Crippen molar-refractivity contribution in [3.63, 3.8) is 0 Å². The quantitative estimate of drug-likeness (QED) is 0.732. The number of carbonyl (C=O) groups is 1. The second-order valence-electron chi connectivity index (χ2n) is 6.87. The Labute approximate surface area is 170 Å². The van der Waals surface area contributed by atoms with Gasteiger partial charge in [-0.05, 0) is 51.0 Å². The van der Waals surface area contributed by atoms with Crippen LogP contribution >= 0.6 is 11.6 Å². The van der Waals surface area contributed by atoms with E-state index in [1.807, 2.05) is 0 Å². The van der Waals surface area contributed by atoms with Gasteiger partial charge in [0.05, 0.1) is 11.4 Å². The number of benzene rings is 1. The summed E-state index contributed by atoms with van der Waals surface area (Å²) >= 11 is 5.83. The Balaban J connectivity index is 1.80. The van der Waals surface area contributed by atoms with Gasteiger partial charge in [0.2, 0.25) is 10.0 Å². The first-order valence-corrected chi connectivity index (χ1v) is 11.1. The normalized spacial score (nSPS) is 16.0. The standard InChI is InChI=1S/C19H24ClN3O4S/c1-14-19(28(25,26)22-11-5-3-4-6-12-22)15(2)23(21-14)18(24)13-27-17-9-7-16(20)8-10-17/h7-10H,3-6,11-13H2,1-2H3. The average molecular weight is 426 g/mol. The van der Waals surface area contributed by atoms with Crippen LogP contribution in [0.3, 0.4) is 0 Å². The van der Waals surface area contributed by atoms with Crippen LogP contribution < -0.4 is 4.74 Å². The highest BCUT2D eigenvalue weighted by Crippen LogP contribution is 2.26. The van der Waals surface area contributed by atoms with E-state index in [-0.39, 0.29) is 11.5 Å². The lowest BCUT2D eigenvalue weighted by molar-refractivity contribution is 0.0818. The van der Waals surface area contributed by atoms with Crippen molar-refractivity contribution in [2.24, 2.45) is 0 Å². The third-order valence-corrected chi connectivity index (χ3v) is 7.20. The van der Waals surface area contributed by atoms with Gasteiger partial charge >= 0.3 is 0 Å². The molecule has 0 N–H and O–H groups in total. The summed E-state index contributed by atoms with van der Waals surface area (Å²) in [4.78, 5) is 12.7. The van der Waals surface area contributed by atoms with Gasteiger partial charge in [-0.15, -0.1) is 0 Å². The lowest BCUT2D eigenvalue weighted by Crippen LogP contribution is -2.32. The monoisotopic (exact) mass is 425 g/mol. The largest absolute Gasteiger partial charge is 0.484 e. The minimum atomic E-state index is -3.69. The molecule has 1 aliphatic rings. The van der Waals surface area contributed by atoms with Crippen molar-refractivity contribution in [1.29, 1.82) is 0 Å². The third-order valence-electron chi connectivity index (χ3n) is 4.80. The molecule has 1 aromatic carbocycles. The van der Waals surface area contributed by atoms with E-state index in [0.29, 0.717) is 35.2 Å². The summed E-state index contributed by atoms with van der Waals surface area (Å²) in [6, 6.07) is 6.64. The van der Waals surface area contributed by atoms with Crippen molar-refractivity contribution in [3.8, 4) is 5.75 Å². The van der Waals surface area contributed by atoms with E-state index in [0.717, 1.165) is 30.4 Å². The van der Waals surface area contributed by atoms with Crippen molar-refractivity contribution in [1.82, 2.24) is 14.1 Å². The predicted octanol–water partition coefficient (Wildman–Crippen LogP) is 3.44. The molecule has 0 aliphatic carbocycles. The SMILES string of the molecule is Cc1nn(C(=O)COc2ccc(Cl)cc2)c(C)c1S(=O)(=O)N1CCCCCC1. The van der Waals surface area contributed by atoms with Gasteiger partial charge in [-0.1, -0.05) is 24.4 Å². The van der Waals surface area contributed by atoms with Gasteiger partial charge < -0.3 is 4.74 Å². The van der Waals surface area contributed by atoms with E-state index in [1.54, 1.807) is 38.1 Å². The summed E-state index contributed by atoms with van der Waals surface area (Å²) in [5, 5.41) is 4.75. The number of nitrogens with zero attached hydrogens (tertiary/aromatic N) is 3. The van der Waals surface area contributed by atoms with Crippen LogP contribution in [0.15, 0.2) is 29.2 Å². The topological polar surface area (TPSA) is 81.5 Å². The second kappa shape index (κ2) is 8.63. The second-order valence-corrected chi connectivity index (χ2v) is 9.18. The molecule has 0 radical (unpaired) electrons. The number of aryl methyl sites for hydroxylation is 1. The van der Waals surface area contributed by atoms with E-state index in [1.165, 1.54) is 4.31 Å². The number of sulfonamides is 1. The van der Waals surface area contributed by atoms with Gasteiger partial charge in [0.15, 0.2) is 6.61 Å². The first-order chi connectivity index (χ1) is 13.3. The van der Waals surface area contributed by atoms with Crippen molar-refractivity contribution >= 4 is 27.5 Å². The van der Waals surface area contributed by atoms with Crippen LogP contribution in [0.25, 0.3) is 0 Å². The van der Waals surface area contributed by atoms with Crippen molar-refractivity contribution in [2.45, 2.75) is 44.4 Å². The molecule has 152 valence electrons. The van der Waals surface area contributed by atoms with Gasteiger partial charge in [0.25, 0.3) is 5.91 Å². The highest BCUT2D eigenvalue weighted by Gasteiger charge is 2.32. The number of halogens is 1. The summed E-state index contributed by atoms with van der Waals surface area (Å²) < 4.78 is 34.4. The molecule has 2 aromatic rings. The van der Waals surface area contributed by atoms with E-state index in [4.69, 9.17) is 16.3 Å². The minimum Gasteiger partial charge on any atom is -0.484 e. The molecule has 0 bridgehead atoms. The van der Waals surface area contributed by atoms with Crippen LogP contribution in [0.1, 0.15) is 41.9 Å². The molecule has 0 saturated carbocycles. The molecule has 0 unspecified atom stereocenters. The highest BCUT2D eigenvalue weighted by molar-refractivity contribution is 7.89. The summed E-state index contributed by atoms with van der Waals surface area (Å²) in [6.07, 6.45) is 3.76. The fourth-order valence-electron chi connectivity index (χ4n) is 3.39. The zero-order chi connectivity index (χ0) is 20.3. The number of aromatic nitrogens is 2. The van der Waals surface area contributed by atoms with Gasteiger partial charge in [-0.25, -0.2) is 13.1 Å². The smallest absolute Gasteiger partial charge is 0.285 e. The average Bonchev–Trinajstić information content (AvgIpc) is 2.84. The zero-order valence-electron chi connectivity index (χ0n) is 16.0. The Morgan fingerprint density at radius 3 is 2.32 bits per heavy atom. The van der Waals surface area contributed by atoms with Crippen LogP contribution in [-0.4, -0.2) is 48.1 Å².